The number of amides is 2. The molecule has 4 aromatic rings. The Morgan fingerprint density at radius 2 is 1.87 bits per heavy atom. The van der Waals surface area contributed by atoms with Crippen LogP contribution in [-0.4, -0.2) is 81.2 Å². The maximum atomic E-state index is 14.1. The molecule has 46 heavy (non-hydrogen) atoms. The minimum atomic E-state index is -4.56. The van der Waals surface area contributed by atoms with Crippen LogP contribution in [0.15, 0.2) is 48.8 Å². The molecule has 13 heteroatoms. The van der Waals surface area contributed by atoms with E-state index in [1.807, 2.05) is 24.9 Å². The Morgan fingerprint density at radius 1 is 1.09 bits per heavy atom. The number of benzene rings is 1. The lowest BCUT2D eigenvalue weighted by Gasteiger charge is -2.34. The van der Waals surface area contributed by atoms with Gasteiger partial charge in [0.25, 0.3) is 0 Å². The molecule has 10 nitrogen and oxygen atoms in total. The van der Waals surface area contributed by atoms with E-state index < -0.39 is 17.8 Å². The van der Waals surface area contributed by atoms with Gasteiger partial charge in [-0.25, -0.2) is 9.78 Å². The average Bonchev–Trinajstić information content (AvgIpc) is 3.48. The number of ketones is 1. The largest absolute Gasteiger partial charge is 0.455 e. The van der Waals surface area contributed by atoms with E-state index in [-0.39, 0.29) is 36.0 Å². The number of nitrogens with zero attached hydrogens (tertiary/aromatic N) is 5. The van der Waals surface area contributed by atoms with Crippen LogP contribution in [0, 0.1) is 0 Å². The quantitative estimate of drug-likeness (QED) is 0.231. The van der Waals surface area contributed by atoms with Crippen molar-refractivity contribution in [1.29, 1.82) is 0 Å². The van der Waals surface area contributed by atoms with Gasteiger partial charge >= 0.3 is 12.2 Å². The molecule has 1 aromatic carbocycles. The van der Waals surface area contributed by atoms with Gasteiger partial charge in [0.2, 0.25) is 0 Å². The van der Waals surface area contributed by atoms with Crippen molar-refractivity contribution in [3.05, 3.63) is 76.9 Å². The van der Waals surface area contributed by atoms with Gasteiger partial charge < -0.3 is 24.8 Å². The summed E-state index contributed by atoms with van der Waals surface area (Å²) in [5.74, 6) is 0.750. The Kier molecular flexibility index (Phi) is 8.71. The van der Waals surface area contributed by atoms with Crippen molar-refractivity contribution in [2.45, 2.75) is 45.5 Å². The van der Waals surface area contributed by atoms with Crippen molar-refractivity contribution in [2.24, 2.45) is 0 Å². The van der Waals surface area contributed by atoms with E-state index >= 15 is 0 Å². The van der Waals surface area contributed by atoms with Gasteiger partial charge in [-0.05, 0) is 54.9 Å². The van der Waals surface area contributed by atoms with Crippen LogP contribution < -0.4 is 10.1 Å². The third kappa shape index (κ3) is 6.70. The first-order chi connectivity index (χ1) is 22.0. The van der Waals surface area contributed by atoms with Crippen LogP contribution in [-0.2, 0) is 19.3 Å². The maximum Gasteiger partial charge on any atom is 0.416 e. The van der Waals surface area contributed by atoms with E-state index in [4.69, 9.17) is 4.74 Å². The van der Waals surface area contributed by atoms with Crippen LogP contribution in [0.5, 0.6) is 11.5 Å². The molecule has 2 aliphatic heterocycles. The fraction of sp³-hybridized carbons (Fsp3) is 0.394. The third-order valence-corrected chi connectivity index (χ3v) is 8.70. The van der Waals surface area contributed by atoms with Crippen molar-refractivity contribution >= 4 is 28.5 Å². The van der Waals surface area contributed by atoms with E-state index in [0.717, 1.165) is 30.4 Å². The number of fused-ring (bicyclic) bond motifs is 2. The highest BCUT2D eigenvalue weighted by Crippen LogP contribution is 2.36. The zero-order chi connectivity index (χ0) is 32.6. The number of aromatic amines is 1. The van der Waals surface area contributed by atoms with E-state index in [1.54, 1.807) is 29.4 Å². The summed E-state index contributed by atoms with van der Waals surface area (Å²) in [7, 11) is 2.00. The molecule has 6 rings (SSSR count). The van der Waals surface area contributed by atoms with Gasteiger partial charge in [0, 0.05) is 70.5 Å². The van der Waals surface area contributed by atoms with Gasteiger partial charge in [-0.1, -0.05) is 13.0 Å². The highest BCUT2D eigenvalue weighted by atomic mass is 19.4. The monoisotopic (exact) mass is 635 g/mol. The summed E-state index contributed by atoms with van der Waals surface area (Å²) in [5, 5.41) is 3.34. The highest BCUT2D eigenvalue weighted by Gasteiger charge is 2.35. The lowest BCUT2D eigenvalue weighted by molar-refractivity contribution is -0.138. The van der Waals surface area contributed by atoms with Crippen molar-refractivity contribution in [3.63, 3.8) is 0 Å². The van der Waals surface area contributed by atoms with Crippen molar-refractivity contribution in [1.82, 2.24) is 29.7 Å². The number of carbonyl (C=O) groups excluding carboxylic acids is 2. The summed E-state index contributed by atoms with van der Waals surface area (Å²) in [6, 6.07) is 8.74. The van der Waals surface area contributed by atoms with Crippen molar-refractivity contribution < 1.29 is 27.5 Å². The molecule has 2 amide bonds. The number of rotatable bonds is 7. The number of piperazine rings is 1. The topological polar surface area (TPSA) is 107 Å². The van der Waals surface area contributed by atoms with Crippen LogP contribution in [0.25, 0.3) is 11.0 Å². The first kappa shape index (κ1) is 31.5. The number of H-pyrrole nitrogens is 1. The van der Waals surface area contributed by atoms with E-state index in [2.05, 4.69) is 25.2 Å². The predicted octanol–water partition coefficient (Wildman–Crippen LogP) is 6.26. The molecule has 0 aliphatic carbocycles. The molecule has 0 spiro atoms. The number of halogens is 3. The summed E-state index contributed by atoms with van der Waals surface area (Å²) in [4.78, 5) is 43.0. The summed E-state index contributed by atoms with van der Waals surface area (Å²) < 4.78 is 48.5. The number of ether oxygens (including phenoxy) is 1. The third-order valence-electron chi connectivity index (χ3n) is 8.70. The zero-order valence-electron chi connectivity index (χ0n) is 25.9. The number of nitrogens with one attached hydrogen (secondary N) is 2. The Bertz CT molecular complexity index is 1770. The molecule has 5 heterocycles. The average molecular weight is 636 g/mol. The summed E-state index contributed by atoms with van der Waals surface area (Å²) >= 11 is 0. The fourth-order valence-electron chi connectivity index (χ4n) is 6.06. The minimum Gasteiger partial charge on any atom is -0.455 e. The standard InChI is InChI=1S/C33H36F3N7O3/c1-4-21-18-43(32(45)39-24-6-5-22(27(14-24)33(34,35)36)17-42-11-9-41(3)10-12-42)19-23-13-25(16-38-30(21)23)46-29-7-8-37-31-26(29)15-28(40-31)20(2)44/h5-8,13-16,21H,4,9-12,17-19H2,1-3H3,(H,37,40)(H,39,45)/t21-/m0/s1. The number of alkyl halides is 3. The lowest BCUT2D eigenvalue weighted by Crippen LogP contribution is -2.44. The van der Waals surface area contributed by atoms with Crippen LogP contribution in [0.4, 0.5) is 23.7 Å². The van der Waals surface area contributed by atoms with Gasteiger partial charge in [-0.15, -0.1) is 0 Å². The zero-order valence-corrected chi connectivity index (χ0v) is 25.9. The smallest absolute Gasteiger partial charge is 0.416 e. The van der Waals surface area contributed by atoms with E-state index in [0.29, 0.717) is 54.3 Å². The lowest BCUT2D eigenvalue weighted by atomic mass is 9.92. The number of Topliss-reactive ketones (excluding diaryl/α,β-unsaturated/α-hetero) is 1. The second-order valence-electron chi connectivity index (χ2n) is 12.0. The molecule has 0 radical (unpaired) electrons. The van der Waals surface area contributed by atoms with Crippen LogP contribution in [0.2, 0.25) is 0 Å². The highest BCUT2D eigenvalue weighted by molar-refractivity contribution is 5.98. The molecule has 0 unspecified atom stereocenters. The van der Waals surface area contributed by atoms with Gasteiger partial charge in [0.1, 0.15) is 17.1 Å². The van der Waals surface area contributed by atoms with Crippen molar-refractivity contribution in [3.8, 4) is 11.5 Å². The first-order valence-electron chi connectivity index (χ1n) is 15.3. The van der Waals surface area contributed by atoms with Gasteiger partial charge in [0.05, 0.1) is 28.5 Å². The fourth-order valence-corrected chi connectivity index (χ4v) is 6.06. The minimum absolute atomic E-state index is 0.0596. The molecule has 2 N–H and O–H groups in total. The van der Waals surface area contributed by atoms with E-state index in [9.17, 15) is 22.8 Å². The number of aromatic nitrogens is 3. The second-order valence-corrected chi connectivity index (χ2v) is 12.0. The SMILES string of the molecule is CC[C@H]1CN(C(=O)Nc2ccc(CN3CCN(C)CC3)c(C(F)(F)F)c2)Cc2cc(Oc3ccnc4[nH]c(C(C)=O)cc34)cnc21. The summed E-state index contributed by atoms with van der Waals surface area (Å²) in [6.45, 7) is 7.25. The van der Waals surface area contributed by atoms with E-state index in [1.165, 1.54) is 19.1 Å². The Labute approximate surface area is 264 Å². The molecule has 1 atom stereocenters. The van der Waals surface area contributed by atoms with Crippen LogP contribution in [0.1, 0.15) is 59.1 Å². The molecular formula is C33H36F3N7O3. The predicted molar refractivity (Wildman–Crippen MR) is 167 cm³/mol. The maximum absolute atomic E-state index is 14.1. The Hall–Kier alpha value is -4.49. The molecule has 0 saturated carbocycles. The normalized spacial score (nSPS) is 17.6. The van der Waals surface area contributed by atoms with Crippen LogP contribution >= 0.6 is 0 Å². The Morgan fingerprint density at radius 3 is 2.59 bits per heavy atom. The Balaban J connectivity index is 1.19. The first-order valence-corrected chi connectivity index (χ1v) is 15.3. The van der Waals surface area contributed by atoms with Gasteiger partial charge in [-0.3, -0.25) is 14.7 Å². The number of anilines is 1. The molecule has 2 aliphatic rings. The number of carbonyl (C=O) groups is 2. The van der Waals surface area contributed by atoms with Crippen molar-refractivity contribution in [2.75, 3.05) is 45.1 Å². The number of urea groups is 1. The second kappa shape index (κ2) is 12.7. The number of pyridine rings is 2. The number of hydrogen-bond donors (Lipinski definition) is 2. The number of likely N-dealkylation sites (N-methyl/N-ethyl adjacent to an activating group) is 1. The molecule has 3 aromatic heterocycles. The summed E-state index contributed by atoms with van der Waals surface area (Å²) in [5.41, 5.74) is 2.11. The number of hydrogen-bond acceptors (Lipinski definition) is 7. The molecular weight excluding hydrogens is 599 g/mol. The molecule has 242 valence electrons. The summed E-state index contributed by atoms with van der Waals surface area (Å²) in [6.07, 6.45) is -0.640. The molecule has 1 saturated heterocycles. The van der Waals surface area contributed by atoms with Gasteiger partial charge in [0.15, 0.2) is 5.78 Å². The molecule has 0 bridgehead atoms. The van der Waals surface area contributed by atoms with Gasteiger partial charge in [-0.2, -0.15) is 13.2 Å². The van der Waals surface area contributed by atoms with Crippen LogP contribution in [0.3, 0.4) is 0 Å². The molecule has 1 fully saturated rings.